The predicted octanol–water partition coefficient (Wildman–Crippen LogP) is 2.24. The normalized spacial score (nSPS) is 12.2. The van der Waals surface area contributed by atoms with E-state index >= 15 is 0 Å². The molecule has 0 heterocycles. The first-order valence-corrected chi connectivity index (χ1v) is 6.20. The maximum atomic E-state index is 11.5. The largest absolute Gasteiger partial charge is 0.368 e. The molecule has 0 radical (unpaired) electrons. The van der Waals surface area contributed by atoms with E-state index in [1.165, 1.54) is 18.3 Å². The number of rotatable bonds is 5. The average molecular weight is 283 g/mol. The number of benzene rings is 2. The maximum Gasteiger partial charge on any atom is 0.270 e. The second-order valence-electron chi connectivity index (χ2n) is 4.35. The fourth-order valence-electron chi connectivity index (χ4n) is 1.84. The Morgan fingerprint density at radius 1 is 1.19 bits per heavy atom. The van der Waals surface area contributed by atoms with Gasteiger partial charge in [-0.25, -0.2) is 0 Å². The fourth-order valence-corrected chi connectivity index (χ4v) is 1.84. The molecule has 2 N–H and O–H groups in total. The van der Waals surface area contributed by atoms with Crippen LogP contribution in [0.4, 0.5) is 5.69 Å². The fraction of sp³-hybridized carbons (Fsp3) is 0.0667. The minimum atomic E-state index is -0.814. The van der Waals surface area contributed by atoms with Crippen molar-refractivity contribution in [2.45, 2.75) is 6.04 Å². The first-order chi connectivity index (χ1) is 10.1. The molecule has 0 aliphatic carbocycles. The molecule has 0 fully saturated rings. The molecular formula is C15H13N3O3. The lowest BCUT2D eigenvalue weighted by Gasteiger charge is -2.08. The van der Waals surface area contributed by atoms with Crippen LogP contribution in [0, 0.1) is 10.1 Å². The highest BCUT2D eigenvalue weighted by Crippen LogP contribution is 2.17. The number of nitrogens with two attached hydrogens (primary N) is 1. The van der Waals surface area contributed by atoms with E-state index < -0.39 is 16.9 Å². The third kappa shape index (κ3) is 3.73. The highest BCUT2D eigenvalue weighted by Gasteiger charge is 2.15. The second-order valence-corrected chi connectivity index (χ2v) is 4.35. The zero-order valence-corrected chi connectivity index (χ0v) is 11.0. The number of aliphatic imine (C=N–C) groups is 1. The van der Waals surface area contributed by atoms with Crippen molar-refractivity contribution in [3.05, 3.63) is 75.8 Å². The zero-order chi connectivity index (χ0) is 15.2. The van der Waals surface area contributed by atoms with E-state index in [-0.39, 0.29) is 5.69 Å². The van der Waals surface area contributed by atoms with Crippen LogP contribution in [-0.4, -0.2) is 17.0 Å². The van der Waals surface area contributed by atoms with Crippen molar-refractivity contribution >= 4 is 17.8 Å². The number of carbonyl (C=O) groups excluding carboxylic acids is 1. The first-order valence-electron chi connectivity index (χ1n) is 6.20. The molecule has 2 aromatic carbocycles. The number of nitro groups is 1. The number of nitro benzene ring substituents is 1. The van der Waals surface area contributed by atoms with E-state index in [1.54, 1.807) is 36.4 Å². The number of hydrogen-bond donors (Lipinski definition) is 1. The topological polar surface area (TPSA) is 98.6 Å². The summed E-state index contributed by atoms with van der Waals surface area (Å²) in [6, 6.07) is 14.1. The highest BCUT2D eigenvalue weighted by atomic mass is 16.6. The maximum absolute atomic E-state index is 11.5. The lowest BCUT2D eigenvalue weighted by atomic mass is 10.1. The highest BCUT2D eigenvalue weighted by molar-refractivity contribution is 5.87. The molecule has 0 saturated carbocycles. The van der Waals surface area contributed by atoms with Gasteiger partial charge in [-0.2, -0.15) is 0 Å². The number of hydrogen-bond acceptors (Lipinski definition) is 4. The summed E-state index contributed by atoms with van der Waals surface area (Å²) in [5.74, 6) is -0.581. The Morgan fingerprint density at radius 2 is 1.90 bits per heavy atom. The monoisotopic (exact) mass is 283 g/mol. The van der Waals surface area contributed by atoms with E-state index in [0.717, 1.165) is 0 Å². The van der Waals surface area contributed by atoms with Crippen molar-refractivity contribution in [2.75, 3.05) is 0 Å². The van der Waals surface area contributed by atoms with Crippen molar-refractivity contribution < 1.29 is 9.72 Å². The van der Waals surface area contributed by atoms with E-state index in [0.29, 0.717) is 11.1 Å². The predicted molar refractivity (Wildman–Crippen MR) is 79.1 cm³/mol. The summed E-state index contributed by atoms with van der Waals surface area (Å²) < 4.78 is 0. The van der Waals surface area contributed by atoms with Crippen LogP contribution in [0.15, 0.2) is 59.6 Å². The van der Waals surface area contributed by atoms with Gasteiger partial charge in [0.2, 0.25) is 5.91 Å². The van der Waals surface area contributed by atoms with Crippen LogP contribution >= 0.6 is 0 Å². The van der Waals surface area contributed by atoms with Gasteiger partial charge in [-0.1, -0.05) is 42.5 Å². The summed E-state index contributed by atoms with van der Waals surface area (Å²) >= 11 is 0. The van der Waals surface area contributed by atoms with Gasteiger partial charge in [-0.15, -0.1) is 0 Å². The lowest BCUT2D eigenvalue weighted by Crippen LogP contribution is -2.20. The van der Waals surface area contributed by atoms with Crippen LogP contribution in [0.1, 0.15) is 17.2 Å². The molecule has 6 nitrogen and oxygen atoms in total. The van der Waals surface area contributed by atoms with E-state index in [2.05, 4.69) is 4.99 Å². The molecule has 2 aromatic rings. The van der Waals surface area contributed by atoms with Gasteiger partial charge in [0.25, 0.3) is 5.69 Å². The lowest BCUT2D eigenvalue weighted by molar-refractivity contribution is -0.384. The van der Waals surface area contributed by atoms with Gasteiger partial charge in [0.15, 0.2) is 6.04 Å². The van der Waals surface area contributed by atoms with E-state index in [9.17, 15) is 14.9 Å². The SMILES string of the molecule is NC(=O)[C@@H](N=Cc1cccc([N+](=O)[O-])c1)c1ccccc1. The van der Waals surface area contributed by atoms with Gasteiger partial charge < -0.3 is 5.73 Å². The summed E-state index contributed by atoms with van der Waals surface area (Å²) in [4.78, 5) is 25.9. The van der Waals surface area contributed by atoms with Crippen LogP contribution in [0.25, 0.3) is 0 Å². The molecule has 0 saturated heterocycles. The minimum Gasteiger partial charge on any atom is -0.368 e. The van der Waals surface area contributed by atoms with Crippen molar-refractivity contribution in [1.29, 1.82) is 0 Å². The molecule has 0 spiro atoms. The van der Waals surface area contributed by atoms with Crippen molar-refractivity contribution in [1.82, 2.24) is 0 Å². The van der Waals surface area contributed by atoms with E-state index in [1.807, 2.05) is 6.07 Å². The smallest absolute Gasteiger partial charge is 0.270 e. The first kappa shape index (κ1) is 14.4. The Hall–Kier alpha value is -3.02. The third-order valence-electron chi connectivity index (χ3n) is 2.84. The van der Waals surface area contributed by atoms with Crippen LogP contribution in [-0.2, 0) is 4.79 Å². The van der Waals surface area contributed by atoms with Crippen LogP contribution in [0.5, 0.6) is 0 Å². The number of amides is 1. The van der Waals surface area contributed by atoms with Gasteiger partial charge in [0.1, 0.15) is 0 Å². The van der Waals surface area contributed by atoms with Crippen LogP contribution in [0.3, 0.4) is 0 Å². The van der Waals surface area contributed by atoms with Gasteiger partial charge in [-0.05, 0) is 11.1 Å². The van der Waals surface area contributed by atoms with Crippen LogP contribution < -0.4 is 5.73 Å². The van der Waals surface area contributed by atoms with Gasteiger partial charge in [-0.3, -0.25) is 19.9 Å². The van der Waals surface area contributed by atoms with Gasteiger partial charge >= 0.3 is 0 Å². The Balaban J connectivity index is 2.27. The zero-order valence-electron chi connectivity index (χ0n) is 11.0. The molecule has 0 aliphatic heterocycles. The van der Waals surface area contributed by atoms with Crippen molar-refractivity contribution in [3.63, 3.8) is 0 Å². The molecule has 0 unspecified atom stereocenters. The van der Waals surface area contributed by atoms with Gasteiger partial charge in [0.05, 0.1) is 4.92 Å². The van der Waals surface area contributed by atoms with Gasteiger partial charge in [0, 0.05) is 18.3 Å². The molecular weight excluding hydrogens is 270 g/mol. The average Bonchev–Trinajstić information content (AvgIpc) is 2.48. The Labute approximate surface area is 121 Å². The molecule has 1 amide bonds. The molecule has 0 aliphatic rings. The Kier molecular flexibility index (Phi) is 4.40. The Morgan fingerprint density at radius 3 is 2.52 bits per heavy atom. The number of carbonyl (C=O) groups is 1. The molecule has 106 valence electrons. The quantitative estimate of drug-likeness (QED) is 0.517. The third-order valence-corrected chi connectivity index (χ3v) is 2.84. The Bertz CT molecular complexity index is 684. The number of non-ortho nitro benzene ring substituents is 1. The summed E-state index contributed by atoms with van der Waals surface area (Å²) in [5.41, 5.74) is 6.52. The molecule has 21 heavy (non-hydrogen) atoms. The molecule has 6 heteroatoms. The summed E-state index contributed by atoms with van der Waals surface area (Å²) in [7, 11) is 0. The molecule has 0 bridgehead atoms. The summed E-state index contributed by atoms with van der Waals surface area (Å²) in [6.07, 6.45) is 1.41. The standard InChI is InChI=1S/C15H13N3O3/c16-15(19)14(12-6-2-1-3-7-12)17-10-11-5-4-8-13(9-11)18(20)21/h1-10,14H,(H2,16,19)/t14-/m0/s1. The van der Waals surface area contributed by atoms with E-state index in [4.69, 9.17) is 5.73 Å². The van der Waals surface area contributed by atoms with Crippen molar-refractivity contribution in [2.24, 2.45) is 10.7 Å². The molecule has 2 rings (SSSR count). The molecule has 1 atom stereocenters. The molecule has 0 aromatic heterocycles. The number of nitrogens with zero attached hydrogens (tertiary/aromatic N) is 2. The second kappa shape index (κ2) is 6.42. The summed E-state index contributed by atoms with van der Waals surface area (Å²) in [6.45, 7) is 0. The van der Waals surface area contributed by atoms with Crippen molar-refractivity contribution in [3.8, 4) is 0 Å². The summed E-state index contributed by atoms with van der Waals surface area (Å²) in [5, 5.41) is 10.7. The number of primary amides is 1. The minimum absolute atomic E-state index is 0.0331. The van der Waals surface area contributed by atoms with Crippen LogP contribution in [0.2, 0.25) is 0 Å².